The molecule has 0 bridgehead atoms. The number of unbranched alkanes of at least 4 members (excludes halogenated alkanes) is 1. The zero-order chi connectivity index (χ0) is 80.5. The number of benzene rings is 2. The van der Waals surface area contributed by atoms with Crippen molar-refractivity contribution in [2.24, 2.45) is 5.90 Å². The predicted octanol–water partition coefficient (Wildman–Crippen LogP) is -3.08. The van der Waals surface area contributed by atoms with Gasteiger partial charge in [-0.1, -0.05) is 12.1 Å². The van der Waals surface area contributed by atoms with Gasteiger partial charge in [0.1, 0.15) is 74.6 Å². The Morgan fingerprint density at radius 2 is 0.927 bits per heavy atom. The van der Waals surface area contributed by atoms with Gasteiger partial charge >= 0.3 is 24.1 Å². The van der Waals surface area contributed by atoms with Crippen LogP contribution in [0.2, 0.25) is 0 Å². The minimum Gasteiger partial charge on any atom is -0.479 e. The maximum Gasteiger partial charge on any atom is 0.373 e. The van der Waals surface area contributed by atoms with Crippen LogP contribution in [-0.2, 0) is 132 Å². The molecule has 2 saturated heterocycles. The van der Waals surface area contributed by atoms with Crippen molar-refractivity contribution >= 4 is 53.3 Å². The van der Waals surface area contributed by atoms with Crippen molar-refractivity contribution in [3.05, 3.63) is 58.7 Å². The Morgan fingerprint density at radius 1 is 0.491 bits per heavy atom. The number of Topliss-reactive ketones (excluding diaryl/α,β-unsaturated/α-hetero) is 2. The van der Waals surface area contributed by atoms with Crippen molar-refractivity contribution < 1.29 is 174 Å². The number of aliphatic hydroxyl groups excluding tert-OH is 6. The van der Waals surface area contributed by atoms with E-state index in [0.717, 1.165) is 0 Å². The van der Waals surface area contributed by atoms with Crippen molar-refractivity contribution in [3.8, 4) is 11.5 Å². The highest BCUT2D eigenvalue weighted by molar-refractivity contribution is 5.99. The average molecular weight is 1580 g/mol. The summed E-state index contributed by atoms with van der Waals surface area (Å²) < 4.78 is 98.1. The van der Waals surface area contributed by atoms with Gasteiger partial charge in [0.05, 0.1) is 163 Å². The molecule has 0 aromatic heterocycles. The molecular formula is C70H108N4O36. The van der Waals surface area contributed by atoms with E-state index in [1.807, 2.05) is 0 Å². The molecular weight excluding hydrogens is 1470 g/mol. The number of nitrogens with one attached hydrogen (secondary N) is 3. The summed E-state index contributed by atoms with van der Waals surface area (Å²) >= 11 is 0. The number of rotatable bonds is 63. The molecule has 2 heterocycles. The fourth-order valence-corrected chi connectivity index (χ4v) is 9.73. The van der Waals surface area contributed by atoms with Crippen LogP contribution in [0.15, 0.2) is 36.4 Å². The quantitative estimate of drug-likeness (QED) is 0.0135. The summed E-state index contributed by atoms with van der Waals surface area (Å²) in [7, 11) is 0. The van der Waals surface area contributed by atoms with Crippen LogP contribution in [0, 0.1) is 0 Å². The normalized spacial score (nSPS) is 19.0. The molecule has 2 fully saturated rings. The summed E-state index contributed by atoms with van der Waals surface area (Å²) in [5.74, 6) is 0.225. The third-order valence-corrected chi connectivity index (χ3v) is 15.3. The van der Waals surface area contributed by atoms with Crippen molar-refractivity contribution in [2.75, 3.05) is 185 Å². The van der Waals surface area contributed by atoms with Gasteiger partial charge in [0.2, 0.25) is 24.4 Å². The Hall–Kier alpha value is -7.30. The van der Waals surface area contributed by atoms with Gasteiger partial charge in [-0.25, -0.2) is 10.7 Å². The summed E-state index contributed by atoms with van der Waals surface area (Å²) in [6.45, 7) is 7.39. The van der Waals surface area contributed by atoms with Crippen LogP contribution < -0.4 is 31.3 Å². The van der Waals surface area contributed by atoms with Gasteiger partial charge in [-0.3, -0.25) is 33.6 Å². The predicted molar refractivity (Wildman–Crippen MR) is 371 cm³/mol. The number of hydrogen-bond acceptors (Lipinski definition) is 36. The van der Waals surface area contributed by atoms with Crippen LogP contribution in [0.25, 0.3) is 0 Å². The molecule has 12 N–H and O–H groups in total. The highest BCUT2D eigenvalue weighted by Gasteiger charge is 2.48. The van der Waals surface area contributed by atoms with E-state index in [1.165, 1.54) is 44.2 Å². The lowest BCUT2D eigenvalue weighted by Gasteiger charge is -2.38. The number of amides is 3. The molecule has 0 unspecified atom stereocenters. The molecule has 0 radical (unpaired) electrons. The number of aliphatic hydroxyl groups is 6. The number of carbonyl (C=O) groups excluding carboxylic acids is 9. The maximum atomic E-state index is 13.3. The van der Waals surface area contributed by atoms with Crippen molar-refractivity contribution in [3.63, 3.8) is 0 Å². The topological polar surface area (TPSA) is 550 Å². The minimum atomic E-state index is -1.95. The van der Waals surface area contributed by atoms with Crippen LogP contribution in [-0.4, -0.2) is 335 Å². The molecule has 3 amide bonds. The first-order valence-electron chi connectivity index (χ1n) is 35.7. The third-order valence-electron chi connectivity index (χ3n) is 15.3. The monoisotopic (exact) mass is 1580 g/mol. The summed E-state index contributed by atoms with van der Waals surface area (Å²) in [6.07, 6.45) is -12.6. The van der Waals surface area contributed by atoms with Crippen LogP contribution in [0.3, 0.4) is 0 Å². The largest absolute Gasteiger partial charge is 0.479 e. The van der Waals surface area contributed by atoms with Crippen LogP contribution >= 0.6 is 0 Å². The smallest absolute Gasteiger partial charge is 0.373 e. The van der Waals surface area contributed by atoms with Crippen molar-refractivity contribution in [1.82, 2.24) is 16.0 Å². The Kier molecular flexibility index (Phi) is 53.2. The second-order valence-corrected chi connectivity index (χ2v) is 23.9. The second kappa shape index (κ2) is 60.4. The van der Waals surface area contributed by atoms with Crippen LogP contribution in [0.1, 0.15) is 90.6 Å². The zero-order valence-corrected chi connectivity index (χ0v) is 61.9. The Bertz CT molecular complexity index is 2970. The number of nitrogens with two attached hydrogens (primary N) is 1. The molecule has 40 nitrogen and oxygen atoms in total. The fraction of sp³-hybridized carbons (Fsp3) is 0.700. The van der Waals surface area contributed by atoms with E-state index >= 15 is 0 Å². The number of carboxylic acid groups (broad SMARTS) is 1. The fourth-order valence-electron chi connectivity index (χ4n) is 9.73. The highest BCUT2D eigenvalue weighted by Crippen LogP contribution is 2.30. The summed E-state index contributed by atoms with van der Waals surface area (Å²) in [5, 5.41) is 78.5. The van der Waals surface area contributed by atoms with Gasteiger partial charge in [0.15, 0.2) is 17.7 Å². The molecule has 0 aliphatic carbocycles. The van der Waals surface area contributed by atoms with Gasteiger partial charge in [0.25, 0.3) is 5.91 Å². The summed E-state index contributed by atoms with van der Waals surface area (Å²) in [5.41, 5.74) is 0.964. The van der Waals surface area contributed by atoms with Gasteiger partial charge in [-0.05, 0) is 67.5 Å². The lowest BCUT2D eigenvalue weighted by molar-refractivity contribution is -0.271. The number of aliphatic carboxylic acids is 1. The first kappa shape index (κ1) is 96.9. The standard InChI is InChI=1S/C69H108N4O34.CO2/c1-46(74)101-41-48-10-12-56(105-68-63(84)60(81)55(78)43-103-68)50(39-48)53(76)8-5-16-89-19-22-92-25-27-94-30-32-97-34-36-100-45-59(80)73-52(54(77)9-6-17-90-20-23-98-37-38-104-70)7-3-4-14-71-58(79)44-99-35-33-96-31-29-95-28-26-93-24-21-91-18-15-72-66(86)51-40-49(42-102-47(2)75)11-13-57(51)106-69-64(85)61(82)62(83)65(107-69)67(87)88;2-1-3/h10-13,39-40,52,55,60-65,68-69,78,81-85H,3-9,14-38,41-45,70H2,1-2H3,(H,71,79)(H,72,86)(H,73,80)(H,87,88);/t52-,55+,60-,61-,62-,63+,64+,65-,68-,69+;/m0./s1. The van der Waals surface area contributed by atoms with Crippen molar-refractivity contribution in [2.45, 2.75) is 133 Å². The van der Waals surface area contributed by atoms with E-state index in [2.05, 4.69) is 20.8 Å². The van der Waals surface area contributed by atoms with E-state index in [-0.39, 0.29) is 211 Å². The number of esters is 2. The summed E-state index contributed by atoms with van der Waals surface area (Å²) in [6, 6.07) is 7.90. The van der Waals surface area contributed by atoms with E-state index in [1.54, 1.807) is 6.07 Å². The molecule has 2 aliphatic rings. The van der Waals surface area contributed by atoms with Gasteiger partial charge in [-0.2, -0.15) is 9.59 Å². The first-order valence-corrected chi connectivity index (χ1v) is 35.7. The molecule has 110 heavy (non-hydrogen) atoms. The summed E-state index contributed by atoms with van der Waals surface area (Å²) in [4.78, 5) is 120. The number of hydrogen-bond donors (Lipinski definition) is 11. The number of ketones is 2. The van der Waals surface area contributed by atoms with Crippen molar-refractivity contribution in [1.29, 1.82) is 0 Å². The third kappa shape index (κ3) is 42.9. The minimum absolute atomic E-state index is 0.0345. The average Bonchev–Trinajstić information content (AvgIpc) is 0.802. The van der Waals surface area contributed by atoms with Gasteiger partial charge < -0.3 is 142 Å². The molecule has 0 saturated carbocycles. The molecule has 40 heteroatoms. The van der Waals surface area contributed by atoms with E-state index in [9.17, 15) is 74.1 Å². The van der Waals surface area contributed by atoms with Gasteiger partial charge in [0, 0.05) is 53.0 Å². The van der Waals surface area contributed by atoms with Gasteiger partial charge in [-0.15, -0.1) is 0 Å². The molecule has 624 valence electrons. The lowest BCUT2D eigenvalue weighted by atomic mass is 9.99. The molecule has 10 atom stereocenters. The zero-order valence-electron chi connectivity index (χ0n) is 61.9. The number of carbonyl (C=O) groups is 8. The van der Waals surface area contributed by atoms with E-state index in [4.69, 9.17) is 101 Å². The van der Waals surface area contributed by atoms with E-state index < -0.39 is 91.1 Å². The molecule has 2 aromatic carbocycles. The molecule has 2 aliphatic heterocycles. The SMILES string of the molecule is CC(=O)OCc1ccc(O[C@@H]2OC[C@@H](O)[C@H](O)[C@H]2O)c(C(=O)CCCOCCOCCOCCOCCOCC(=O)N[C@@H](CCCCNC(=O)COCCOCCOCCOCCOCCNC(=O)c2cc(COC(C)=O)ccc2O[C@@H]2O[C@H](C(=O)O)[C@@H](O)[C@H](O)[C@H]2O)C(=O)CCCOCCOCCON)c1.O=C=O. The molecule has 2 aromatic rings. The Balaban J connectivity index is 0.0000103. The second-order valence-electron chi connectivity index (χ2n) is 23.9. The van der Waals surface area contributed by atoms with Crippen LogP contribution in [0.4, 0.5) is 0 Å². The van der Waals surface area contributed by atoms with Crippen LogP contribution in [0.5, 0.6) is 11.5 Å². The Labute approximate surface area is 635 Å². The number of carboxylic acids is 1. The first-order chi connectivity index (χ1) is 53.1. The molecule has 4 rings (SSSR count). The molecule has 0 spiro atoms. The maximum absolute atomic E-state index is 13.3. The Morgan fingerprint density at radius 3 is 1.43 bits per heavy atom. The van der Waals surface area contributed by atoms with E-state index in [0.29, 0.717) is 89.4 Å². The lowest BCUT2D eigenvalue weighted by Crippen LogP contribution is -2.61. The number of ether oxygens (including phenoxy) is 18. The highest BCUT2D eigenvalue weighted by atomic mass is 16.7.